The van der Waals surface area contributed by atoms with Crippen molar-refractivity contribution < 1.29 is 14.3 Å². The zero-order valence-electron chi connectivity index (χ0n) is 15.3. The lowest BCUT2D eigenvalue weighted by atomic mass is 10.1. The van der Waals surface area contributed by atoms with Crippen LogP contribution in [0.3, 0.4) is 0 Å². The lowest BCUT2D eigenvalue weighted by Gasteiger charge is -2.20. The van der Waals surface area contributed by atoms with Crippen LogP contribution in [-0.2, 0) is 11.3 Å². The van der Waals surface area contributed by atoms with Gasteiger partial charge in [0.15, 0.2) is 0 Å². The number of hydrogen-bond acceptors (Lipinski definition) is 4. The van der Waals surface area contributed by atoms with Crippen LogP contribution in [0.15, 0.2) is 54.9 Å². The van der Waals surface area contributed by atoms with Crippen LogP contribution >= 0.6 is 0 Å². The van der Waals surface area contributed by atoms with Gasteiger partial charge in [-0.15, -0.1) is 0 Å². The fourth-order valence-corrected chi connectivity index (χ4v) is 3.32. The molecule has 6 heteroatoms. The van der Waals surface area contributed by atoms with Crippen LogP contribution in [-0.4, -0.2) is 34.0 Å². The van der Waals surface area contributed by atoms with Crippen molar-refractivity contribution in [3.63, 3.8) is 0 Å². The molecule has 2 aromatic heterocycles. The quantitative estimate of drug-likeness (QED) is 0.728. The Morgan fingerprint density at radius 2 is 2.30 bits per heavy atom. The molecule has 0 radical (unpaired) electrons. The van der Waals surface area contributed by atoms with Gasteiger partial charge in [0.05, 0.1) is 17.8 Å². The zero-order chi connectivity index (χ0) is 18.6. The highest BCUT2D eigenvalue weighted by Gasteiger charge is 2.24. The van der Waals surface area contributed by atoms with E-state index in [1.165, 1.54) is 0 Å². The summed E-state index contributed by atoms with van der Waals surface area (Å²) in [4.78, 5) is 17.0. The summed E-state index contributed by atoms with van der Waals surface area (Å²) in [5.74, 6) is 0.528. The minimum absolute atomic E-state index is 0.0115. The molecule has 4 rings (SSSR count). The first-order chi connectivity index (χ1) is 13.2. The van der Waals surface area contributed by atoms with E-state index >= 15 is 0 Å². The van der Waals surface area contributed by atoms with E-state index in [4.69, 9.17) is 9.47 Å². The second-order valence-electron chi connectivity index (χ2n) is 6.83. The molecule has 3 aromatic rings. The number of aromatic nitrogens is 2. The SMILES string of the molecule is CC(NC(=O)c1cccc(OCc2cn3ccccc3n2)c1)C1CCCO1. The number of fused-ring (bicyclic) bond motifs is 1. The van der Waals surface area contributed by atoms with Gasteiger partial charge in [0.1, 0.15) is 18.0 Å². The molecule has 0 aliphatic carbocycles. The second-order valence-corrected chi connectivity index (χ2v) is 6.83. The van der Waals surface area contributed by atoms with Crippen molar-refractivity contribution >= 4 is 11.6 Å². The average molecular weight is 365 g/mol. The number of carbonyl (C=O) groups is 1. The van der Waals surface area contributed by atoms with E-state index in [0.717, 1.165) is 30.8 Å². The monoisotopic (exact) mass is 365 g/mol. The maximum atomic E-state index is 12.5. The standard InChI is InChI=1S/C21H23N3O3/c1-15(19-8-5-11-26-19)22-21(25)16-6-4-7-18(12-16)27-14-17-13-24-10-3-2-9-20(24)23-17/h2-4,6-7,9-10,12-13,15,19H,5,8,11,14H2,1H3,(H,22,25). The van der Waals surface area contributed by atoms with Gasteiger partial charge in [-0.2, -0.15) is 0 Å². The molecule has 1 aliphatic heterocycles. The van der Waals surface area contributed by atoms with E-state index in [9.17, 15) is 4.79 Å². The Bertz CT molecular complexity index is 898. The van der Waals surface area contributed by atoms with Crippen LogP contribution in [0.25, 0.3) is 5.65 Å². The second kappa shape index (κ2) is 7.80. The molecular weight excluding hydrogens is 342 g/mol. The Hall–Kier alpha value is -2.86. The van der Waals surface area contributed by atoms with E-state index in [1.807, 2.05) is 54.0 Å². The Labute approximate surface area is 158 Å². The third kappa shape index (κ3) is 4.11. The first-order valence-corrected chi connectivity index (χ1v) is 9.27. The topological polar surface area (TPSA) is 64.9 Å². The van der Waals surface area contributed by atoms with Crippen LogP contribution in [0.1, 0.15) is 35.8 Å². The van der Waals surface area contributed by atoms with Gasteiger partial charge in [-0.1, -0.05) is 12.1 Å². The maximum Gasteiger partial charge on any atom is 0.251 e. The number of amides is 1. The minimum Gasteiger partial charge on any atom is -0.487 e. The summed E-state index contributed by atoms with van der Waals surface area (Å²) in [7, 11) is 0. The summed E-state index contributed by atoms with van der Waals surface area (Å²) in [6.07, 6.45) is 6.03. The smallest absolute Gasteiger partial charge is 0.251 e. The molecule has 1 aliphatic rings. The number of nitrogens with one attached hydrogen (secondary N) is 1. The summed E-state index contributed by atoms with van der Waals surface area (Å²) >= 11 is 0. The van der Waals surface area contributed by atoms with Gasteiger partial charge in [0.25, 0.3) is 5.91 Å². The molecule has 6 nitrogen and oxygen atoms in total. The maximum absolute atomic E-state index is 12.5. The summed E-state index contributed by atoms with van der Waals surface area (Å²) in [5, 5.41) is 3.02. The van der Waals surface area contributed by atoms with Gasteiger partial charge < -0.3 is 19.2 Å². The van der Waals surface area contributed by atoms with Crippen molar-refractivity contribution in [1.29, 1.82) is 0 Å². The first kappa shape index (κ1) is 17.5. The number of rotatable bonds is 6. The molecular formula is C21H23N3O3. The highest BCUT2D eigenvalue weighted by atomic mass is 16.5. The fourth-order valence-electron chi connectivity index (χ4n) is 3.32. The molecule has 1 saturated heterocycles. The summed E-state index contributed by atoms with van der Waals surface area (Å²) in [6.45, 7) is 3.11. The van der Waals surface area contributed by atoms with Crippen molar-refractivity contribution in [2.75, 3.05) is 6.61 Å². The molecule has 3 heterocycles. The van der Waals surface area contributed by atoms with Crippen LogP contribution in [0, 0.1) is 0 Å². The normalized spacial score (nSPS) is 17.7. The van der Waals surface area contributed by atoms with Gasteiger partial charge in [0, 0.05) is 24.6 Å². The van der Waals surface area contributed by atoms with E-state index < -0.39 is 0 Å². The molecule has 1 fully saturated rings. The van der Waals surface area contributed by atoms with Crippen molar-refractivity contribution in [2.45, 2.75) is 38.5 Å². The molecule has 2 atom stereocenters. The zero-order valence-corrected chi connectivity index (χ0v) is 15.3. The molecule has 2 unspecified atom stereocenters. The number of nitrogens with zero attached hydrogens (tertiary/aromatic N) is 2. The highest BCUT2D eigenvalue weighted by molar-refractivity contribution is 5.94. The number of imidazole rings is 1. The van der Waals surface area contributed by atoms with Crippen molar-refractivity contribution in [3.05, 3.63) is 66.1 Å². The Kier molecular flexibility index (Phi) is 5.07. The third-order valence-corrected chi connectivity index (χ3v) is 4.78. The molecule has 27 heavy (non-hydrogen) atoms. The lowest BCUT2D eigenvalue weighted by Crippen LogP contribution is -2.40. The predicted molar refractivity (Wildman–Crippen MR) is 102 cm³/mol. The Morgan fingerprint density at radius 3 is 3.11 bits per heavy atom. The van der Waals surface area contributed by atoms with Crippen LogP contribution in [0.2, 0.25) is 0 Å². The third-order valence-electron chi connectivity index (χ3n) is 4.78. The molecule has 0 spiro atoms. The van der Waals surface area contributed by atoms with Crippen LogP contribution in [0.4, 0.5) is 0 Å². The molecule has 1 aromatic carbocycles. The lowest BCUT2D eigenvalue weighted by molar-refractivity contribution is 0.0712. The molecule has 140 valence electrons. The first-order valence-electron chi connectivity index (χ1n) is 9.27. The minimum atomic E-state index is -0.115. The summed E-state index contributed by atoms with van der Waals surface area (Å²) in [6, 6.07) is 13.1. The van der Waals surface area contributed by atoms with E-state index in [-0.39, 0.29) is 18.1 Å². The van der Waals surface area contributed by atoms with Gasteiger partial charge in [0.2, 0.25) is 0 Å². The summed E-state index contributed by atoms with van der Waals surface area (Å²) < 4.78 is 13.4. The molecule has 0 bridgehead atoms. The molecule has 0 saturated carbocycles. The van der Waals surface area contributed by atoms with Crippen LogP contribution in [0.5, 0.6) is 5.75 Å². The number of hydrogen-bond donors (Lipinski definition) is 1. The fraction of sp³-hybridized carbons (Fsp3) is 0.333. The van der Waals surface area contributed by atoms with Crippen molar-refractivity contribution in [3.8, 4) is 5.75 Å². The number of benzene rings is 1. The summed E-state index contributed by atoms with van der Waals surface area (Å²) in [5.41, 5.74) is 2.29. The highest BCUT2D eigenvalue weighted by Crippen LogP contribution is 2.18. The predicted octanol–water partition coefficient (Wildman–Crippen LogP) is 3.21. The van der Waals surface area contributed by atoms with Gasteiger partial charge in [-0.25, -0.2) is 4.98 Å². The Morgan fingerprint density at radius 1 is 1.37 bits per heavy atom. The van der Waals surface area contributed by atoms with Crippen LogP contribution < -0.4 is 10.1 Å². The molecule has 1 amide bonds. The van der Waals surface area contributed by atoms with Crippen molar-refractivity contribution in [2.24, 2.45) is 0 Å². The number of pyridine rings is 1. The van der Waals surface area contributed by atoms with E-state index in [0.29, 0.717) is 17.9 Å². The average Bonchev–Trinajstić information content (AvgIpc) is 3.36. The Balaban J connectivity index is 1.38. The largest absolute Gasteiger partial charge is 0.487 e. The van der Waals surface area contributed by atoms with Gasteiger partial charge in [-0.05, 0) is 50.1 Å². The number of carbonyl (C=O) groups excluding carboxylic acids is 1. The van der Waals surface area contributed by atoms with Gasteiger partial charge in [-0.3, -0.25) is 4.79 Å². The van der Waals surface area contributed by atoms with Crippen molar-refractivity contribution in [1.82, 2.24) is 14.7 Å². The number of ether oxygens (including phenoxy) is 2. The van der Waals surface area contributed by atoms with Gasteiger partial charge >= 0.3 is 0 Å². The molecule has 1 N–H and O–H groups in total. The van der Waals surface area contributed by atoms with E-state index in [1.54, 1.807) is 12.1 Å². The van der Waals surface area contributed by atoms with E-state index in [2.05, 4.69) is 10.3 Å².